The summed E-state index contributed by atoms with van der Waals surface area (Å²) in [7, 11) is 0. The first kappa shape index (κ1) is 9.15. The number of aliphatic hydroxyl groups is 1. The third-order valence-corrected chi connectivity index (χ3v) is 2.16. The number of aromatic nitrogens is 1. The number of nitrogens with zero attached hydrogens (tertiary/aromatic N) is 1. The van der Waals surface area contributed by atoms with Crippen LogP contribution in [0.3, 0.4) is 0 Å². The predicted octanol–water partition coefficient (Wildman–Crippen LogP) is -0.0262. The van der Waals surface area contributed by atoms with E-state index in [-0.39, 0.29) is 19.1 Å². The molecule has 1 aromatic rings. The number of aliphatic hydroxyl groups excluding tert-OH is 1. The first-order valence-electron chi connectivity index (χ1n) is 3.48. The predicted molar refractivity (Wildman–Crippen MR) is 45.1 cm³/mol. The number of hydrogen-bond donors (Lipinski definition) is 2. The van der Waals surface area contributed by atoms with Gasteiger partial charge in [0, 0.05) is 6.54 Å². The Kier molecular flexibility index (Phi) is 3.19. The second-order valence-corrected chi connectivity index (χ2v) is 2.99. The van der Waals surface area contributed by atoms with Gasteiger partial charge in [0.25, 0.3) is 5.91 Å². The molecule has 1 amide bonds. The van der Waals surface area contributed by atoms with Gasteiger partial charge in [0.2, 0.25) is 0 Å². The number of nitrogens with one attached hydrogen (secondary N) is 1. The van der Waals surface area contributed by atoms with Gasteiger partial charge in [-0.1, -0.05) is 0 Å². The molecule has 0 fully saturated rings. The lowest BCUT2D eigenvalue weighted by molar-refractivity contribution is 0.0948. The van der Waals surface area contributed by atoms with Gasteiger partial charge in [-0.15, -0.1) is 11.3 Å². The van der Waals surface area contributed by atoms with Crippen LogP contribution >= 0.6 is 11.3 Å². The van der Waals surface area contributed by atoms with Crippen LogP contribution in [0.4, 0.5) is 0 Å². The molecular formula is C7H9N2O2S. The van der Waals surface area contributed by atoms with E-state index < -0.39 is 0 Å². The van der Waals surface area contributed by atoms with Crippen molar-refractivity contribution in [3.05, 3.63) is 16.1 Å². The Morgan fingerprint density at radius 1 is 1.83 bits per heavy atom. The standard InChI is InChI=1S/C7H9N2O2S/c1-5-6(12-4-9-5)7(11)8-2-3-10/h10H,2-3H2,1H3,(H,8,11). The maximum atomic E-state index is 11.2. The van der Waals surface area contributed by atoms with E-state index in [2.05, 4.69) is 15.8 Å². The van der Waals surface area contributed by atoms with Crippen LogP contribution in [0.15, 0.2) is 0 Å². The van der Waals surface area contributed by atoms with Gasteiger partial charge in [-0.3, -0.25) is 4.79 Å². The highest BCUT2D eigenvalue weighted by molar-refractivity contribution is 7.11. The molecule has 1 heterocycles. The van der Waals surface area contributed by atoms with Crippen LogP contribution in [0, 0.1) is 12.4 Å². The summed E-state index contributed by atoms with van der Waals surface area (Å²) in [6, 6.07) is 0. The molecule has 1 radical (unpaired) electrons. The molecule has 4 nitrogen and oxygen atoms in total. The van der Waals surface area contributed by atoms with Crippen molar-refractivity contribution < 1.29 is 9.90 Å². The number of hydrogen-bond acceptors (Lipinski definition) is 4. The van der Waals surface area contributed by atoms with Crippen molar-refractivity contribution in [1.29, 1.82) is 0 Å². The molecule has 12 heavy (non-hydrogen) atoms. The average Bonchev–Trinajstić information content (AvgIpc) is 2.47. The van der Waals surface area contributed by atoms with Crippen molar-refractivity contribution in [3.8, 4) is 0 Å². The molecule has 2 N–H and O–H groups in total. The second kappa shape index (κ2) is 4.18. The Balaban J connectivity index is 2.59. The average molecular weight is 185 g/mol. The normalized spacial score (nSPS) is 9.83. The lowest BCUT2D eigenvalue weighted by Crippen LogP contribution is -2.26. The number of rotatable bonds is 3. The van der Waals surface area contributed by atoms with E-state index >= 15 is 0 Å². The van der Waals surface area contributed by atoms with Crippen LogP contribution in [0.5, 0.6) is 0 Å². The molecule has 0 saturated carbocycles. The summed E-state index contributed by atoms with van der Waals surface area (Å²) in [4.78, 5) is 15.6. The van der Waals surface area contributed by atoms with Gasteiger partial charge in [-0.05, 0) is 6.92 Å². The maximum Gasteiger partial charge on any atom is 0.263 e. The van der Waals surface area contributed by atoms with Crippen molar-refractivity contribution in [2.24, 2.45) is 0 Å². The molecule has 5 heteroatoms. The molecule has 0 aliphatic heterocycles. The summed E-state index contributed by atoms with van der Waals surface area (Å²) in [5, 5.41) is 11.0. The zero-order valence-electron chi connectivity index (χ0n) is 6.63. The smallest absolute Gasteiger partial charge is 0.263 e. The molecule has 0 saturated heterocycles. The number of amides is 1. The summed E-state index contributed by atoms with van der Waals surface area (Å²) in [5.41, 5.74) is 3.30. The van der Waals surface area contributed by atoms with E-state index in [1.54, 1.807) is 6.92 Å². The monoisotopic (exact) mass is 185 g/mol. The van der Waals surface area contributed by atoms with Gasteiger partial charge in [-0.2, -0.15) is 0 Å². The van der Waals surface area contributed by atoms with E-state index in [4.69, 9.17) is 5.11 Å². The number of carbonyl (C=O) groups excluding carboxylic acids is 1. The van der Waals surface area contributed by atoms with Crippen molar-refractivity contribution in [1.82, 2.24) is 10.3 Å². The van der Waals surface area contributed by atoms with Gasteiger partial charge >= 0.3 is 0 Å². The van der Waals surface area contributed by atoms with Gasteiger partial charge in [-0.25, -0.2) is 4.98 Å². The third-order valence-electron chi connectivity index (χ3n) is 1.29. The van der Waals surface area contributed by atoms with E-state index in [1.165, 1.54) is 11.3 Å². The molecule has 1 aromatic heterocycles. The fourth-order valence-corrected chi connectivity index (χ4v) is 1.35. The second-order valence-electron chi connectivity index (χ2n) is 2.20. The fourth-order valence-electron chi connectivity index (χ4n) is 0.722. The Hall–Kier alpha value is -0.940. The summed E-state index contributed by atoms with van der Waals surface area (Å²) in [5.74, 6) is -0.194. The zero-order chi connectivity index (χ0) is 8.97. The lowest BCUT2D eigenvalue weighted by atomic mass is 10.4. The highest BCUT2D eigenvalue weighted by atomic mass is 32.1. The van der Waals surface area contributed by atoms with Crippen molar-refractivity contribution in [2.45, 2.75) is 6.92 Å². The Labute approximate surface area is 74.3 Å². The lowest BCUT2D eigenvalue weighted by Gasteiger charge is -1.99. The van der Waals surface area contributed by atoms with Crippen LogP contribution in [-0.4, -0.2) is 29.1 Å². The largest absolute Gasteiger partial charge is 0.395 e. The zero-order valence-corrected chi connectivity index (χ0v) is 7.44. The summed E-state index contributed by atoms with van der Waals surface area (Å²) < 4.78 is 0. The Morgan fingerprint density at radius 3 is 3.08 bits per heavy atom. The van der Waals surface area contributed by atoms with E-state index in [0.717, 1.165) is 0 Å². The minimum absolute atomic E-state index is 0.0483. The summed E-state index contributed by atoms with van der Waals surface area (Å²) in [6.07, 6.45) is 0. The molecule has 65 valence electrons. The molecule has 0 atom stereocenters. The van der Waals surface area contributed by atoms with Crippen LogP contribution < -0.4 is 5.32 Å². The molecular weight excluding hydrogens is 176 g/mol. The van der Waals surface area contributed by atoms with Crippen molar-refractivity contribution in [3.63, 3.8) is 0 Å². The summed E-state index contributed by atoms with van der Waals surface area (Å²) in [6.45, 7) is 1.98. The van der Waals surface area contributed by atoms with Crippen LogP contribution in [0.25, 0.3) is 0 Å². The van der Waals surface area contributed by atoms with Gasteiger partial charge in [0.05, 0.1) is 12.3 Å². The van der Waals surface area contributed by atoms with Crippen LogP contribution in [0.2, 0.25) is 0 Å². The first-order valence-corrected chi connectivity index (χ1v) is 4.30. The minimum Gasteiger partial charge on any atom is -0.395 e. The highest BCUT2D eigenvalue weighted by Crippen LogP contribution is 2.10. The SMILES string of the molecule is Cc1n[c]sc1C(=O)NCCO. The molecule has 0 unspecified atom stereocenters. The Bertz CT molecular complexity index is 272. The number of carbonyl (C=O) groups is 1. The summed E-state index contributed by atoms with van der Waals surface area (Å²) >= 11 is 1.18. The molecule has 0 aromatic carbocycles. The molecule has 0 bridgehead atoms. The third kappa shape index (κ3) is 2.02. The van der Waals surface area contributed by atoms with Crippen LogP contribution in [0.1, 0.15) is 15.4 Å². The molecule has 0 aliphatic rings. The van der Waals surface area contributed by atoms with Crippen molar-refractivity contribution >= 4 is 17.2 Å². The van der Waals surface area contributed by atoms with Gasteiger partial charge in [0.15, 0.2) is 5.51 Å². The minimum atomic E-state index is -0.194. The van der Waals surface area contributed by atoms with E-state index in [9.17, 15) is 4.79 Å². The van der Waals surface area contributed by atoms with E-state index in [0.29, 0.717) is 10.6 Å². The first-order chi connectivity index (χ1) is 5.75. The van der Waals surface area contributed by atoms with Crippen molar-refractivity contribution in [2.75, 3.05) is 13.2 Å². The van der Waals surface area contributed by atoms with E-state index in [1.807, 2.05) is 0 Å². The fraction of sp³-hybridized carbons (Fsp3) is 0.429. The molecule has 1 rings (SSSR count). The Morgan fingerprint density at radius 2 is 2.58 bits per heavy atom. The maximum absolute atomic E-state index is 11.2. The van der Waals surface area contributed by atoms with Gasteiger partial charge < -0.3 is 10.4 Å². The molecule has 0 aliphatic carbocycles. The topological polar surface area (TPSA) is 62.2 Å². The number of thiazole rings is 1. The highest BCUT2D eigenvalue weighted by Gasteiger charge is 2.10. The van der Waals surface area contributed by atoms with Gasteiger partial charge in [0.1, 0.15) is 4.88 Å². The molecule has 0 spiro atoms. The number of aryl methyl sites for hydroxylation is 1. The quantitative estimate of drug-likeness (QED) is 0.695. The van der Waals surface area contributed by atoms with Crippen LogP contribution in [-0.2, 0) is 0 Å².